The second-order valence-electron chi connectivity index (χ2n) is 4.75. The number of Topliss-reactive ketones (excluding diaryl/α,β-unsaturated/α-hetero) is 1. The first kappa shape index (κ1) is 16.7. The van der Waals surface area contributed by atoms with Gasteiger partial charge in [-0.3, -0.25) is 14.4 Å². The quantitative estimate of drug-likeness (QED) is 0.755. The molecule has 0 aliphatic rings. The molecule has 0 saturated carbocycles. The van der Waals surface area contributed by atoms with Crippen molar-refractivity contribution in [3.05, 3.63) is 51.7 Å². The summed E-state index contributed by atoms with van der Waals surface area (Å²) in [6.45, 7) is 1.63. The molecule has 1 heterocycles. The highest BCUT2D eigenvalue weighted by Gasteiger charge is 2.13. The molecule has 0 atom stereocenters. The normalized spacial score (nSPS) is 10.1. The van der Waals surface area contributed by atoms with Crippen LogP contribution in [0.4, 0.5) is 0 Å². The summed E-state index contributed by atoms with van der Waals surface area (Å²) in [4.78, 5) is 35.7. The Bertz CT molecular complexity index is 739. The number of nitrogens with two attached hydrogens (primary N) is 1. The van der Waals surface area contributed by atoms with Gasteiger partial charge in [0.25, 0.3) is 5.91 Å². The van der Waals surface area contributed by atoms with Crippen LogP contribution in [0.5, 0.6) is 5.75 Å². The molecule has 1 aromatic heterocycles. The van der Waals surface area contributed by atoms with Gasteiger partial charge in [-0.05, 0) is 24.3 Å². The van der Waals surface area contributed by atoms with Crippen LogP contribution < -0.4 is 15.8 Å². The molecule has 6 nitrogen and oxygen atoms in total. The molecule has 0 radical (unpaired) electrons. The molecule has 2 amide bonds. The fourth-order valence-electron chi connectivity index (χ4n) is 1.84. The van der Waals surface area contributed by atoms with Crippen LogP contribution in [0.3, 0.4) is 0 Å². The summed E-state index contributed by atoms with van der Waals surface area (Å²) in [6.07, 6.45) is 0. The van der Waals surface area contributed by atoms with E-state index in [2.05, 4.69) is 5.32 Å². The monoisotopic (exact) mass is 332 g/mol. The van der Waals surface area contributed by atoms with Crippen LogP contribution in [0.1, 0.15) is 31.8 Å². The van der Waals surface area contributed by atoms with Crippen LogP contribution in [-0.4, -0.2) is 24.2 Å². The lowest BCUT2D eigenvalue weighted by molar-refractivity contribution is -0.119. The Morgan fingerprint density at radius 2 is 1.91 bits per heavy atom. The number of para-hydroxylation sites is 1. The Balaban J connectivity index is 1.98. The maximum atomic E-state index is 12.1. The summed E-state index contributed by atoms with van der Waals surface area (Å²) < 4.78 is 5.41. The van der Waals surface area contributed by atoms with Crippen LogP contribution in [0, 0.1) is 0 Å². The van der Waals surface area contributed by atoms with Crippen molar-refractivity contribution in [1.29, 1.82) is 0 Å². The van der Waals surface area contributed by atoms with Crippen LogP contribution >= 0.6 is 11.3 Å². The van der Waals surface area contributed by atoms with Gasteiger partial charge in [-0.25, -0.2) is 0 Å². The minimum atomic E-state index is -0.609. The lowest BCUT2D eigenvalue weighted by atomic mass is 10.2. The molecule has 2 aromatic rings. The Labute approximate surface area is 137 Å². The van der Waals surface area contributed by atoms with E-state index in [1.54, 1.807) is 36.4 Å². The minimum absolute atomic E-state index is 0.127. The molecule has 0 unspecified atom stereocenters. The van der Waals surface area contributed by atoms with Gasteiger partial charge in [0.1, 0.15) is 5.75 Å². The lowest BCUT2D eigenvalue weighted by Crippen LogP contribution is -2.18. The zero-order chi connectivity index (χ0) is 16.8. The van der Waals surface area contributed by atoms with E-state index in [-0.39, 0.29) is 29.6 Å². The number of primary amides is 1. The van der Waals surface area contributed by atoms with E-state index in [1.165, 1.54) is 18.3 Å². The number of hydrogen-bond acceptors (Lipinski definition) is 5. The Morgan fingerprint density at radius 1 is 1.17 bits per heavy atom. The van der Waals surface area contributed by atoms with Crippen molar-refractivity contribution in [3.63, 3.8) is 0 Å². The molecule has 7 heteroatoms. The molecule has 0 saturated heterocycles. The highest BCUT2D eigenvalue weighted by atomic mass is 32.1. The van der Waals surface area contributed by atoms with E-state index in [0.29, 0.717) is 11.4 Å². The Morgan fingerprint density at radius 3 is 2.61 bits per heavy atom. The van der Waals surface area contributed by atoms with Gasteiger partial charge in [0.15, 0.2) is 6.61 Å². The Kier molecular flexibility index (Phi) is 5.48. The van der Waals surface area contributed by atoms with Gasteiger partial charge >= 0.3 is 0 Å². The zero-order valence-electron chi connectivity index (χ0n) is 12.5. The first-order valence-corrected chi connectivity index (χ1v) is 7.67. The number of thiophene rings is 1. The van der Waals surface area contributed by atoms with E-state index in [4.69, 9.17) is 10.5 Å². The van der Waals surface area contributed by atoms with Crippen molar-refractivity contribution >= 4 is 28.9 Å². The van der Waals surface area contributed by atoms with E-state index < -0.39 is 5.91 Å². The summed E-state index contributed by atoms with van der Waals surface area (Å²) in [7, 11) is 0. The van der Waals surface area contributed by atoms with Gasteiger partial charge in [0.05, 0.1) is 17.0 Å². The molecule has 0 spiro atoms. The maximum Gasteiger partial charge on any atom is 0.252 e. The highest BCUT2D eigenvalue weighted by molar-refractivity contribution is 7.14. The van der Waals surface area contributed by atoms with Crippen molar-refractivity contribution in [3.8, 4) is 5.75 Å². The first-order valence-electron chi connectivity index (χ1n) is 6.85. The molecule has 0 aliphatic heterocycles. The molecular weight excluding hydrogens is 316 g/mol. The largest absolute Gasteiger partial charge is 0.485 e. The first-order chi connectivity index (χ1) is 11.0. The maximum absolute atomic E-state index is 12.1. The summed E-state index contributed by atoms with van der Waals surface area (Å²) in [5.41, 5.74) is 5.49. The predicted octanol–water partition coefficient (Wildman–Crippen LogP) is 1.74. The average molecular weight is 332 g/mol. The average Bonchev–Trinajstić information content (AvgIpc) is 3.00. The fourth-order valence-corrected chi connectivity index (χ4v) is 2.72. The smallest absolute Gasteiger partial charge is 0.252 e. The van der Waals surface area contributed by atoms with Gasteiger partial charge in [-0.1, -0.05) is 12.1 Å². The van der Waals surface area contributed by atoms with Crippen LogP contribution in [0.2, 0.25) is 0 Å². The van der Waals surface area contributed by atoms with Gasteiger partial charge in [-0.15, -0.1) is 11.3 Å². The SMILES string of the molecule is CC(=O)NCc1ccc(C(=O)COc2ccccc2C(N)=O)s1. The number of nitrogens with one attached hydrogen (secondary N) is 1. The second kappa shape index (κ2) is 7.55. The van der Waals surface area contributed by atoms with Crippen LogP contribution in [-0.2, 0) is 11.3 Å². The molecule has 0 fully saturated rings. The third-order valence-corrected chi connectivity index (χ3v) is 4.09. The van der Waals surface area contributed by atoms with Gasteiger partial charge in [-0.2, -0.15) is 0 Å². The van der Waals surface area contributed by atoms with Crippen LogP contribution in [0.15, 0.2) is 36.4 Å². The highest BCUT2D eigenvalue weighted by Crippen LogP contribution is 2.20. The number of benzene rings is 1. The topological polar surface area (TPSA) is 98.5 Å². The number of amides is 2. The van der Waals surface area contributed by atoms with Gasteiger partial charge in [0.2, 0.25) is 11.7 Å². The van der Waals surface area contributed by atoms with E-state index in [9.17, 15) is 14.4 Å². The molecule has 23 heavy (non-hydrogen) atoms. The fraction of sp³-hybridized carbons (Fsp3) is 0.188. The molecule has 2 rings (SSSR count). The van der Waals surface area contributed by atoms with E-state index in [0.717, 1.165) is 4.88 Å². The van der Waals surface area contributed by atoms with Gasteiger partial charge < -0.3 is 15.8 Å². The molecule has 0 aliphatic carbocycles. The number of carbonyl (C=O) groups is 3. The van der Waals surface area contributed by atoms with E-state index >= 15 is 0 Å². The molecule has 1 aromatic carbocycles. The minimum Gasteiger partial charge on any atom is -0.485 e. The summed E-state index contributed by atoms with van der Waals surface area (Å²) in [5, 5.41) is 2.67. The number of rotatable bonds is 7. The van der Waals surface area contributed by atoms with Gasteiger partial charge in [0, 0.05) is 11.8 Å². The lowest BCUT2D eigenvalue weighted by Gasteiger charge is -2.08. The Hall–Kier alpha value is -2.67. The van der Waals surface area contributed by atoms with E-state index in [1.807, 2.05) is 0 Å². The van der Waals surface area contributed by atoms with Crippen molar-refractivity contribution in [2.24, 2.45) is 5.73 Å². The molecule has 0 bridgehead atoms. The summed E-state index contributed by atoms with van der Waals surface area (Å²) >= 11 is 1.29. The van der Waals surface area contributed by atoms with Crippen molar-refractivity contribution in [2.75, 3.05) is 6.61 Å². The second-order valence-corrected chi connectivity index (χ2v) is 5.92. The predicted molar refractivity (Wildman–Crippen MR) is 86.6 cm³/mol. The number of hydrogen-bond donors (Lipinski definition) is 2. The molecular formula is C16H16N2O4S. The summed E-state index contributed by atoms with van der Waals surface area (Å²) in [6, 6.07) is 9.97. The standard InChI is InChI=1S/C16H16N2O4S/c1-10(19)18-8-11-6-7-15(23-11)13(20)9-22-14-5-3-2-4-12(14)16(17)21/h2-7H,8-9H2,1H3,(H2,17,21)(H,18,19). The summed E-state index contributed by atoms with van der Waals surface area (Å²) in [5.74, 6) is -0.661. The molecule has 3 N–H and O–H groups in total. The van der Waals surface area contributed by atoms with Crippen molar-refractivity contribution < 1.29 is 19.1 Å². The van der Waals surface area contributed by atoms with Crippen LogP contribution in [0.25, 0.3) is 0 Å². The molecule has 120 valence electrons. The zero-order valence-corrected chi connectivity index (χ0v) is 13.3. The number of carbonyl (C=O) groups excluding carboxylic acids is 3. The van der Waals surface area contributed by atoms with Crippen molar-refractivity contribution in [2.45, 2.75) is 13.5 Å². The van der Waals surface area contributed by atoms with Crippen molar-refractivity contribution in [1.82, 2.24) is 5.32 Å². The third-order valence-electron chi connectivity index (χ3n) is 2.96. The number of ether oxygens (including phenoxy) is 1. The number of ketones is 1. The third kappa shape index (κ3) is 4.65.